The Kier molecular flexibility index (Phi) is 3.15. The third-order valence-electron chi connectivity index (χ3n) is 2.44. The van der Waals surface area contributed by atoms with Crippen LogP contribution in [0.4, 0.5) is 0 Å². The molecule has 0 saturated heterocycles. The molecule has 0 radical (unpaired) electrons. The molecule has 1 heteroatoms. The van der Waals surface area contributed by atoms with Gasteiger partial charge in [-0.25, -0.2) is 0 Å². The van der Waals surface area contributed by atoms with E-state index in [-0.39, 0.29) is 6.61 Å². The van der Waals surface area contributed by atoms with Crippen molar-refractivity contribution in [3.05, 3.63) is 60.2 Å². The van der Waals surface area contributed by atoms with E-state index in [0.29, 0.717) is 0 Å². The van der Waals surface area contributed by atoms with Crippen molar-refractivity contribution in [3.63, 3.8) is 0 Å². The van der Waals surface area contributed by atoms with Gasteiger partial charge in [0.1, 0.15) is 0 Å². The summed E-state index contributed by atoms with van der Waals surface area (Å²) in [6.45, 7) is 0.119. The highest BCUT2D eigenvalue weighted by atomic mass is 16.2. The van der Waals surface area contributed by atoms with Crippen molar-refractivity contribution >= 4 is 10.8 Å². The Balaban J connectivity index is 2.26. The fraction of sp³-hybridized carbons (Fsp3) is 0.143. The summed E-state index contributed by atoms with van der Waals surface area (Å²) >= 11 is 0. The second-order valence-electron chi connectivity index (χ2n) is 3.54. The molecule has 0 aliphatic heterocycles. The Morgan fingerprint density at radius 1 is 0.933 bits per heavy atom. The van der Waals surface area contributed by atoms with E-state index in [0.717, 1.165) is 6.42 Å². The molecule has 15 heavy (non-hydrogen) atoms. The minimum Gasteiger partial charge on any atom is -0.392 e. The lowest BCUT2D eigenvalue weighted by molar-refractivity contribution is 0.342. The lowest BCUT2D eigenvalue weighted by Gasteiger charge is -2.00. The van der Waals surface area contributed by atoms with Crippen LogP contribution in [0.5, 0.6) is 0 Å². The van der Waals surface area contributed by atoms with Gasteiger partial charge in [0.15, 0.2) is 0 Å². The fourth-order valence-electron chi connectivity index (χ4n) is 1.66. The minimum absolute atomic E-state index is 0.119. The average Bonchev–Trinajstić information content (AvgIpc) is 2.29. The Morgan fingerprint density at radius 3 is 2.53 bits per heavy atom. The predicted molar refractivity (Wildman–Crippen MR) is 63.9 cm³/mol. The molecule has 0 bridgehead atoms. The van der Waals surface area contributed by atoms with Gasteiger partial charge in [0.25, 0.3) is 0 Å². The van der Waals surface area contributed by atoms with E-state index < -0.39 is 0 Å². The van der Waals surface area contributed by atoms with E-state index >= 15 is 0 Å². The Labute approximate surface area is 89.7 Å². The molecule has 0 fully saturated rings. The number of benzene rings is 2. The highest BCUT2D eigenvalue weighted by molar-refractivity contribution is 5.83. The number of fused-ring (bicyclic) bond motifs is 1. The second kappa shape index (κ2) is 4.76. The quantitative estimate of drug-likeness (QED) is 0.752. The molecule has 0 heterocycles. The zero-order valence-corrected chi connectivity index (χ0v) is 8.56. The highest BCUT2D eigenvalue weighted by Crippen LogP contribution is 2.15. The van der Waals surface area contributed by atoms with E-state index in [4.69, 9.17) is 5.11 Å². The van der Waals surface area contributed by atoms with Crippen LogP contribution in [0.1, 0.15) is 5.56 Å². The molecule has 76 valence electrons. The first-order valence-electron chi connectivity index (χ1n) is 5.13. The largest absolute Gasteiger partial charge is 0.392 e. The first kappa shape index (κ1) is 9.94. The summed E-state index contributed by atoms with van der Waals surface area (Å²) in [4.78, 5) is 0. The smallest absolute Gasteiger partial charge is 0.0612 e. The lowest BCUT2D eigenvalue weighted by atomic mass is 10.1. The van der Waals surface area contributed by atoms with Crippen molar-refractivity contribution in [2.75, 3.05) is 6.61 Å². The zero-order chi connectivity index (χ0) is 10.5. The topological polar surface area (TPSA) is 20.2 Å². The molecule has 0 spiro atoms. The molecule has 2 aromatic rings. The highest BCUT2D eigenvalue weighted by Gasteiger charge is 1.93. The number of aliphatic hydroxyl groups is 1. The van der Waals surface area contributed by atoms with Gasteiger partial charge in [0.05, 0.1) is 6.61 Å². The number of aliphatic hydroxyl groups excluding tert-OH is 1. The summed E-state index contributed by atoms with van der Waals surface area (Å²) in [5.41, 5.74) is 1.28. The van der Waals surface area contributed by atoms with Gasteiger partial charge in [-0.05, 0) is 22.8 Å². The molecule has 2 rings (SSSR count). The van der Waals surface area contributed by atoms with Crippen molar-refractivity contribution < 1.29 is 5.11 Å². The number of allylic oxidation sites excluding steroid dienone is 1. The first-order chi connectivity index (χ1) is 7.40. The summed E-state index contributed by atoms with van der Waals surface area (Å²) in [6, 6.07) is 14.8. The van der Waals surface area contributed by atoms with E-state index in [9.17, 15) is 0 Å². The van der Waals surface area contributed by atoms with Crippen molar-refractivity contribution in [2.45, 2.75) is 6.42 Å². The molecule has 1 N–H and O–H groups in total. The van der Waals surface area contributed by atoms with Gasteiger partial charge in [-0.2, -0.15) is 0 Å². The molecular formula is C14H14O. The zero-order valence-electron chi connectivity index (χ0n) is 8.56. The summed E-state index contributed by atoms with van der Waals surface area (Å²) < 4.78 is 0. The maximum Gasteiger partial charge on any atom is 0.0612 e. The van der Waals surface area contributed by atoms with Crippen LogP contribution in [-0.4, -0.2) is 11.7 Å². The maximum absolute atomic E-state index is 8.63. The molecule has 0 amide bonds. The van der Waals surface area contributed by atoms with Crippen molar-refractivity contribution in [2.24, 2.45) is 0 Å². The van der Waals surface area contributed by atoms with Gasteiger partial charge in [0, 0.05) is 0 Å². The minimum atomic E-state index is 0.119. The fourth-order valence-corrected chi connectivity index (χ4v) is 1.66. The van der Waals surface area contributed by atoms with E-state index in [1.807, 2.05) is 12.1 Å². The average molecular weight is 198 g/mol. The van der Waals surface area contributed by atoms with Gasteiger partial charge in [-0.15, -0.1) is 0 Å². The van der Waals surface area contributed by atoms with Gasteiger partial charge in [-0.1, -0.05) is 54.6 Å². The van der Waals surface area contributed by atoms with Crippen LogP contribution in [-0.2, 0) is 6.42 Å². The van der Waals surface area contributed by atoms with Crippen molar-refractivity contribution in [1.82, 2.24) is 0 Å². The van der Waals surface area contributed by atoms with Crippen LogP contribution < -0.4 is 0 Å². The van der Waals surface area contributed by atoms with E-state index in [2.05, 4.69) is 36.4 Å². The van der Waals surface area contributed by atoms with E-state index in [1.54, 1.807) is 6.08 Å². The molecule has 0 unspecified atom stereocenters. The Morgan fingerprint density at radius 2 is 1.73 bits per heavy atom. The Hall–Kier alpha value is -1.60. The van der Waals surface area contributed by atoms with Gasteiger partial charge >= 0.3 is 0 Å². The molecular weight excluding hydrogens is 184 g/mol. The van der Waals surface area contributed by atoms with Gasteiger partial charge < -0.3 is 5.11 Å². The third kappa shape index (κ3) is 2.45. The number of hydrogen-bond acceptors (Lipinski definition) is 1. The SMILES string of the molecule is OCC=CCc1ccc2ccccc2c1. The number of hydrogen-bond donors (Lipinski definition) is 1. The second-order valence-corrected chi connectivity index (χ2v) is 3.54. The molecule has 1 nitrogen and oxygen atoms in total. The van der Waals surface area contributed by atoms with Crippen LogP contribution in [0, 0.1) is 0 Å². The van der Waals surface area contributed by atoms with Crippen LogP contribution in [0.25, 0.3) is 10.8 Å². The Bertz CT molecular complexity index is 471. The predicted octanol–water partition coefficient (Wildman–Crippen LogP) is 2.93. The summed E-state index contributed by atoms with van der Waals surface area (Å²) in [7, 11) is 0. The summed E-state index contributed by atoms with van der Waals surface area (Å²) in [5.74, 6) is 0. The normalized spacial score (nSPS) is 11.3. The molecule has 2 aromatic carbocycles. The first-order valence-corrected chi connectivity index (χ1v) is 5.13. The van der Waals surface area contributed by atoms with Crippen LogP contribution in [0.15, 0.2) is 54.6 Å². The molecule has 0 aromatic heterocycles. The summed E-state index contributed by atoms with van der Waals surface area (Å²) in [6.07, 6.45) is 4.64. The lowest BCUT2D eigenvalue weighted by Crippen LogP contribution is -1.82. The maximum atomic E-state index is 8.63. The third-order valence-corrected chi connectivity index (χ3v) is 2.44. The number of rotatable bonds is 3. The van der Waals surface area contributed by atoms with Crippen LogP contribution >= 0.6 is 0 Å². The van der Waals surface area contributed by atoms with Gasteiger partial charge in [0.2, 0.25) is 0 Å². The molecule has 0 aliphatic rings. The standard InChI is InChI=1S/C14H14O/c15-10-4-3-5-12-8-9-13-6-1-2-7-14(13)11-12/h1-4,6-9,11,15H,5,10H2. The van der Waals surface area contributed by atoms with Crippen LogP contribution in [0.3, 0.4) is 0 Å². The van der Waals surface area contributed by atoms with Gasteiger partial charge in [-0.3, -0.25) is 0 Å². The van der Waals surface area contributed by atoms with E-state index in [1.165, 1.54) is 16.3 Å². The van der Waals surface area contributed by atoms with Crippen LogP contribution in [0.2, 0.25) is 0 Å². The monoisotopic (exact) mass is 198 g/mol. The summed E-state index contributed by atoms with van der Waals surface area (Å²) in [5, 5.41) is 11.2. The van der Waals surface area contributed by atoms with Crippen molar-refractivity contribution in [1.29, 1.82) is 0 Å². The molecule has 0 saturated carbocycles. The van der Waals surface area contributed by atoms with Crippen molar-refractivity contribution in [3.8, 4) is 0 Å². The molecule has 0 atom stereocenters. The molecule has 0 aliphatic carbocycles.